The Labute approximate surface area is 85.9 Å². The number of ether oxygens (including phenoxy) is 1. The van der Waals surface area contributed by atoms with Crippen LogP contribution in [0.1, 0.15) is 19.3 Å². The molecule has 0 radical (unpaired) electrons. The molecule has 1 saturated heterocycles. The maximum Gasteiger partial charge on any atom is 0.133 e. The van der Waals surface area contributed by atoms with Crippen molar-refractivity contribution in [3.63, 3.8) is 0 Å². The van der Waals surface area contributed by atoms with Gasteiger partial charge in [0.1, 0.15) is 6.23 Å². The molecule has 3 nitrogen and oxygen atoms in total. The van der Waals surface area contributed by atoms with Gasteiger partial charge in [-0.25, -0.2) is 0 Å². The van der Waals surface area contributed by atoms with E-state index < -0.39 is 0 Å². The second-order valence-electron chi connectivity index (χ2n) is 3.30. The lowest BCUT2D eigenvalue weighted by Crippen LogP contribution is -2.41. The summed E-state index contributed by atoms with van der Waals surface area (Å²) in [5, 5.41) is 1.91. The molecule has 14 heavy (non-hydrogen) atoms. The summed E-state index contributed by atoms with van der Waals surface area (Å²) >= 11 is 0. The molecule has 1 unspecified atom stereocenters. The largest absolute Gasteiger partial charge is 0.357 e. The fraction of sp³-hybridized carbons (Fsp3) is 0.636. The van der Waals surface area contributed by atoms with Crippen LogP contribution in [0.3, 0.4) is 0 Å². The molecular weight excluding hydrogens is 178 g/mol. The van der Waals surface area contributed by atoms with Crippen LogP contribution in [0.15, 0.2) is 25.3 Å². The molecule has 1 heterocycles. The minimum atomic E-state index is 0.0849. The number of piperidine rings is 1. The molecule has 0 spiro atoms. The highest BCUT2D eigenvalue weighted by atomic mass is 16.7. The molecule has 0 amide bonds. The van der Waals surface area contributed by atoms with Crippen LogP contribution >= 0.6 is 0 Å². The van der Waals surface area contributed by atoms with Gasteiger partial charge in [-0.05, 0) is 19.3 Å². The van der Waals surface area contributed by atoms with Gasteiger partial charge in [-0.15, -0.1) is 13.2 Å². The fourth-order valence-electron chi connectivity index (χ4n) is 1.52. The Bertz CT molecular complexity index is 162. The minimum Gasteiger partial charge on any atom is -0.357 e. The number of hydrogen-bond donors (Lipinski definition) is 0. The topological polar surface area (TPSA) is 21.7 Å². The maximum absolute atomic E-state index is 5.59. The van der Waals surface area contributed by atoms with Crippen molar-refractivity contribution < 1.29 is 9.57 Å². The van der Waals surface area contributed by atoms with Gasteiger partial charge in [0, 0.05) is 6.54 Å². The van der Waals surface area contributed by atoms with Crippen LogP contribution in [0.2, 0.25) is 0 Å². The van der Waals surface area contributed by atoms with E-state index >= 15 is 0 Å². The third kappa shape index (κ3) is 3.62. The predicted molar refractivity (Wildman–Crippen MR) is 56.6 cm³/mol. The molecule has 0 saturated carbocycles. The van der Waals surface area contributed by atoms with Crippen molar-refractivity contribution in [2.45, 2.75) is 25.5 Å². The van der Waals surface area contributed by atoms with Crippen molar-refractivity contribution in [2.75, 3.05) is 19.8 Å². The summed E-state index contributed by atoms with van der Waals surface area (Å²) in [4.78, 5) is 5.50. The summed E-state index contributed by atoms with van der Waals surface area (Å²) in [6.07, 6.45) is 7.01. The lowest BCUT2D eigenvalue weighted by atomic mass is 10.1. The van der Waals surface area contributed by atoms with Crippen LogP contribution in [-0.2, 0) is 9.57 Å². The Morgan fingerprint density at radius 3 is 2.71 bits per heavy atom. The third-order valence-corrected chi connectivity index (χ3v) is 2.17. The van der Waals surface area contributed by atoms with E-state index in [2.05, 4.69) is 13.2 Å². The molecule has 1 aliphatic rings. The molecule has 0 N–H and O–H groups in total. The molecular formula is C11H19NO2. The Kier molecular flexibility index (Phi) is 5.52. The van der Waals surface area contributed by atoms with Crippen LogP contribution in [-0.4, -0.2) is 31.0 Å². The average molecular weight is 197 g/mol. The van der Waals surface area contributed by atoms with Gasteiger partial charge in [0.15, 0.2) is 0 Å². The maximum atomic E-state index is 5.59. The molecule has 0 aromatic rings. The Hall–Kier alpha value is -0.640. The number of hydroxylamine groups is 2. The zero-order valence-corrected chi connectivity index (χ0v) is 8.65. The van der Waals surface area contributed by atoms with E-state index in [4.69, 9.17) is 9.57 Å². The standard InChI is InChI=1S/C11H19NO2/c1-3-9-13-11-7-5-6-8-12(11)14-10-4-2/h3-4,11H,1-2,5-10H2. The molecule has 0 aromatic carbocycles. The van der Waals surface area contributed by atoms with E-state index in [1.165, 1.54) is 12.8 Å². The number of rotatable bonds is 6. The fourth-order valence-corrected chi connectivity index (χ4v) is 1.52. The van der Waals surface area contributed by atoms with Crippen LogP contribution in [0.25, 0.3) is 0 Å². The van der Waals surface area contributed by atoms with E-state index in [1.54, 1.807) is 12.2 Å². The monoisotopic (exact) mass is 197 g/mol. The van der Waals surface area contributed by atoms with Crippen LogP contribution in [0.4, 0.5) is 0 Å². The lowest BCUT2D eigenvalue weighted by molar-refractivity contribution is -0.256. The van der Waals surface area contributed by atoms with Crippen molar-refractivity contribution in [3.05, 3.63) is 25.3 Å². The first kappa shape index (κ1) is 11.4. The molecule has 1 rings (SSSR count). The second kappa shape index (κ2) is 6.76. The molecule has 1 fully saturated rings. The first-order valence-electron chi connectivity index (χ1n) is 5.11. The normalized spacial score (nSPS) is 23.3. The molecule has 0 bridgehead atoms. The highest BCUT2D eigenvalue weighted by Crippen LogP contribution is 2.18. The zero-order chi connectivity index (χ0) is 10.2. The van der Waals surface area contributed by atoms with Crippen molar-refractivity contribution in [1.29, 1.82) is 0 Å². The highest BCUT2D eigenvalue weighted by Gasteiger charge is 2.22. The first-order chi connectivity index (χ1) is 6.88. The van der Waals surface area contributed by atoms with E-state index in [-0.39, 0.29) is 6.23 Å². The van der Waals surface area contributed by atoms with Gasteiger partial charge in [0.05, 0.1) is 13.2 Å². The van der Waals surface area contributed by atoms with E-state index in [9.17, 15) is 0 Å². The molecule has 3 heteroatoms. The average Bonchev–Trinajstić information content (AvgIpc) is 2.24. The Morgan fingerprint density at radius 1 is 1.21 bits per heavy atom. The van der Waals surface area contributed by atoms with Crippen molar-refractivity contribution in [3.8, 4) is 0 Å². The zero-order valence-electron chi connectivity index (χ0n) is 8.65. The lowest BCUT2D eigenvalue weighted by Gasteiger charge is -2.33. The molecule has 0 aromatic heterocycles. The quantitative estimate of drug-likeness (QED) is 0.609. The minimum absolute atomic E-state index is 0.0849. The van der Waals surface area contributed by atoms with Gasteiger partial charge in [-0.1, -0.05) is 12.2 Å². The first-order valence-corrected chi connectivity index (χ1v) is 5.11. The predicted octanol–water partition coefficient (Wildman–Crippen LogP) is 2.12. The van der Waals surface area contributed by atoms with Crippen LogP contribution < -0.4 is 0 Å². The van der Waals surface area contributed by atoms with Crippen molar-refractivity contribution in [1.82, 2.24) is 5.06 Å². The summed E-state index contributed by atoms with van der Waals surface area (Å²) in [6, 6.07) is 0. The summed E-state index contributed by atoms with van der Waals surface area (Å²) in [5.41, 5.74) is 0. The summed E-state index contributed by atoms with van der Waals surface area (Å²) in [6.45, 7) is 9.33. The van der Waals surface area contributed by atoms with Crippen LogP contribution in [0, 0.1) is 0 Å². The Balaban J connectivity index is 2.33. The highest BCUT2D eigenvalue weighted by molar-refractivity contribution is 4.70. The molecule has 1 aliphatic heterocycles. The van der Waals surface area contributed by atoms with E-state index in [0.29, 0.717) is 13.2 Å². The van der Waals surface area contributed by atoms with Crippen LogP contribution in [0.5, 0.6) is 0 Å². The van der Waals surface area contributed by atoms with Gasteiger partial charge in [-0.2, -0.15) is 5.06 Å². The van der Waals surface area contributed by atoms with Crippen molar-refractivity contribution in [2.24, 2.45) is 0 Å². The number of hydrogen-bond acceptors (Lipinski definition) is 3. The SMILES string of the molecule is C=CCOC1CCCCN1OCC=C. The summed E-state index contributed by atoms with van der Waals surface area (Å²) in [7, 11) is 0. The molecule has 80 valence electrons. The van der Waals surface area contributed by atoms with Gasteiger partial charge >= 0.3 is 0 Å². The van der Waals surface area contributed by atoms with Gasteiger partial charge < -0.3 is 4.74 Å². The van der Waals surface area contributed by atoms with Gasteiger partial charge in [0.2, 0.25) is 0 Å². The Morgan fingerprint density at radius 2 is 2.00 bits per heavy atom. The third-order valence-electron chi connectivity index (χ3n) is 2.17. The van der Waals surface area contributed by atoms with E-state index in [0.717, 1.165) is 13.0 Å². The summed E-state index contributed by atoms with van der Waals surface area (Å²) in [5.74, 6) is 0. The number of nitrogens with zero attached hydrogens (tertiary/aromatic N) is 1. The smallest absolute Gasteiger partial charge is 0.133 e. The summed E-state index contributed by atoms with van der Waals surface area (Å²) < 4.78 is 5.59. The van der Waals surface area contributed by atoms with E-state index in [1.807, 2.05) is 5.06 Å². The van der Waals surface area contributed by atoms with Crippen molar-refractivity contribution >= 4 is 0 Å². The van der Waals surface area contributed by atoms with Gasteiger partial charge in [-0.3, -0.25) is 4.84 Å². The second-order valence-corrected chi connectivity index (χ2v) is 3.30. The molecule has 0 aliphatic carbocycles. The molecule has 1 atom stereocenters. The van der Waals surface area contributed by atoms with Gasteiger partial charge in [0.25, 0.3) is 0 Å².